The summed E-state index contributed by atoms with van der Waals surface area (Å²) in [6, 6.07) is 0. The van der Waals surface area contributed by atoms with Gasteiger partial charge in [0.15, 0.2) is 0 Å². The maximum atomic E-state index is 2.00. The number of hydrogen-bond acceptors (Lipinski definition) is 0. The van der Waals surface area contributed by atoms with Gasteiger partial charge in [-0.15, -0.1) is 0 Å². The molecule has 126 valence electrons. The Kier molecular flexibility index (Phi) is 2200. The van der Waals surface area contributed by atoms with E-state index in [0.29, 0.717) is 0 Å². The van der Waals surface area contributed by atoms with Gasteiger partial charge in [0, 0.05) is 190 Å². The summed E-state index contributed by atoms with van der Waals surface area (Å²) < 4.78 is 0. The Balaban J connectivity index is -0.000000000378. The first-order chi connectivity index (χ1) is 3.00. The molecule has 0 bridgehead atoms. The molecule has 0 aliphatic heterocycles. The predicted octanol–water partition coefficient (Wildman–Crippen LogP) is 3.83. The molecule has 0 N–H and O–H groups in total. The van der Waals surface area contributed by atoms with Gasteiger partial charge in [-0.25, -0.2) is 0 Å². The van der Waals surface area contributed by atoms with E-state index in [1.165, 1.54) is 0 Å². The molecule has 0 atom stereocenters. The first-order valence-corrected chi connectivity index (χ1v) is 13.2. The molecule has 0 rings (SSSR count). The van der Waals surface area contributed by atoms with Gasteiger partial charge in [-0.1, -0.05) is 27.7 Å². The molecular weight excluding hydrogens is 2120 g/mol. The molecule has 0 fully saturated rings. The fourth-order valence-electron chi connectivity index (χ4n) is 0. The molecule has 0 nitrogen and oxygen atoms in total. The summed E-state index contributed by atoms with van der Waals surface area (Å²) in [4.78, 5) is 0. The molecule has 0 aromatic heterocycles. The molecule has 11 heteroatoms. The van der Waals surface area contributed by atoms with Crippen LogP contribution in [-0.2, 0) is 222 Å². The fourth-order valence-corrected chi connectivity index (χ4v) is 0. The van der Waals surface area contributed by atoms with Crippen molar-refractivity contribution in [3.63, 3.8) is 0 Å². The summed E-state index contributed by atoms with van der Waals surface area (Å²) in [5, 5.41) is 0. The third-order valence-corrected chi connectivity index (χ3v) is 0. The van der Waals surface area contributed by atoms with Crippen LogP contribution in [0, 0.1) is 29.7 Å². The minimum absolute atomic E-state index is 0. The molecule has 0 heterocycles. The summed E-state index contributed by atoms with van der Waals surface area (Å²) in [6.45, 7) is 8.00. The van der Waals surface area contributed by atoms with Crippen molar-refractivity contribution in [2.75, 3.05) is 0 Å². The molecule has 0 aliphatic rings. The van der Waals surface area contributed by atoms with Crippen molar-refractivity contribution in [2.24, 2.45) is 0 Å². The zero-order chi connectivity index (χ0) is 6.00. The Morgan fingerprint density at radius 2 is 0.316 bits per heavy atom. The quantitative estimate of drug-likeness (QED) is 0.325. The van der Waals surface area contributed by atoms with Crippen LogP contribution >= 0.6 is 0 Å². The van der Waals surface area contributed by atoms with Gasteiger partial charge in [0.05, 0.1) is 0 Å². The van der Waals surface area contributed by atoms with Gasteiger partial charge in [0.1, 0.15) is 0 Å². The first kappa shape index (κ1) is 155. The van der Waals surface area contributed by atoms with Crippen LogP contribution in [0.3, 0.4) is 0 Å². The second kappa shape index (κ2) is 269. The van der Waals surface area contributed by atoms with Gasteiger partial charge < -0.3 is 29.7 Å². The van der Waals surface area contributed by atoms with Crippen LogP contribution in [0.15, 0.2) is 0 Å². The van der Waals surface area contributed by atoms with Crippen molar-refractivity contribution < 1.29 is 222 Å². The second-order valence-electron chi connectivity index (χ2n) is 0. The predicted molar refractivity (Wildman–Crippen MR) is 48.4 cm³/mol. The molecule has 0 spiro atoms. The third kappa shape index (κ3) is 248. The van der Waals surface area contributed by atoms with E-state index < -0.39 is 0 Å². The van der Waals surface area contributed by atoms with Gasteiger partial charge in [-0.05, 0) is 0 Å². The second-order valence-corrected chi connectivity index (χ2v) is 0. The van der Waals surface area contributed by atoms with Crippen LogP contribution in [0.5, 0.6) is 0 Å². The Bertz CT molecular complexity index is 18.7. The summed E-state index contributed by atoms with van der Waals surface area (Å²) in [5.74, 6) is 0. The van der Waals surface area contributed by atoms with E-state index in [4.69, 9.17) is 0 Å². The summed E-state index contributed by atoms with van der Waals surface area (Å²) in [5.41, 5.74) is 0. The number of hydrogen-bond donors (Lipinski definition) is 0. The van der Waals surface area contributed by atoms with E-state index in [1.54, 1.807) is 32.4 Å². The Hall–Kier alpha value is 7.57. The van der Waals surface area contributed by atoms with Crippen molar-refractivity contribution >= 4 is 0 Å². The molecule has 0 amide bonds. The Labute approximate surface area is 273 Å². The van der Waals surface area contributed by atoms with Crippen LogP contribution in [0.1, 0.15) is 27.7 Å². The Morgan fingerprint density at radius 3 is 0.316 bits per heavy atom. The van der Waals surface area contributed by atoms with E-state index >= 15 is 0 Å². The molecule has 0 saturated heterocycles. The first-order valence-electron chi connectivity index (χ1n) is 2.17. The third-order valence-electron chi connectivity index (χ3n) is 0. The average molecular weight is 2140 g/mol. The average Bonchev–Trinajstić information content (AvgIpc) is 1.81. The van der Waals surface area contributed by atoms with Crippen molar-refractivity contribution in [1.82, 2.24) is 0 Å². The van der Waals surface area contributed by atoms with Gasteiger partial charge in [0.2, 0.25) is 0 Å². The topological polar surface area (TPSA) is 0 Å². The van der Waals surface area contributed by atoms with Gasteiger partial charge in [0.25, 0.3) is 0 Å². The van der Waals surface area contributed by atoms with Gasteiger partial charge >= 0.3 is 32.4 Å². The monoisotopic (exact) mass is 2140 g/mol. The van der Waals surface area contributed by atoms with Crippen LogP contribution in [0.2, 0.25) is 0 Å². The van der Waals surface area contributed by atoms with E-state index in [2.05, 4.69) is 0 Å². The van der Waals surface area contributed by atoms with Gasteiger partial charge in [-0.3, -0.25) is 0 Å². The van der Waals surface area contributed by atoms with Crippen molar-refractivity contribution in [3.05, 3.63) is 29.7 Å². The van der Waals surface area contributed by atoms with Crippen LogP contribution < -0.4 is 0 Å². The molecule has 19 heavy (non-hydrogen) atoms. The molecule has 0 saturated carbocycles. The SMILES string of the molecule is CC.CC.[CH3-].[CH3-].[CH3-].[CH3-].[W].[W].[W].[W].[W].[W].[W].[W].[W].[W]=[W]. The van der Waals surface area contributed by atoms with E-state index in [-0.39, 0.29) is 219 Å². The molecule has 0 unspecified atom stereocenters. The van der Waals surface area contributed by atoms with Crippen molar-refractivity contribution in [3.8, 4) is 0 Å². The van der Waals surface area contributed by atoms with Gasteiger partial charge in [-0.2, -0.15) is 0 Å². The minimum atomic E-state index is 0. The fraction of sp³-hybridized carbons (Fsp3) is 0.500. The van der Waals surface area contributed by atoms with E-state index in [1.807, 2.05) is 27.7 Å². The molecule has 0 aromatic rings. The zero-order valence-corrected chi connectivity index (χ0v) is 44.8. The summed E-state index contributed by atoms with van der Waals surface area (Å²) >= 11 is 3.33. The maximum absolute atomic E-state index is 2.00. The van der Waals surface area contributed by atoms with E-state index in [9.17, 15) is 0 Å². The normalized spacial score (nSPS) is 0.842. The van der Waals surface area contributed by atoms with Crippen molar-refractivity contribution in [2.45, 2.75) is 27.7 Å². The van der Waals surface area contributed by atoms with Crippen LogP contribution in [-0.4, -0.2) is 0 Å². The molecule has 0 aromatic carbocycles. The zero-order valence-electron chi connectivity index (χ0n) is 12.5. The van der Waals surface area contributed by atoms with Crippen molar-refractivity contribution in [1.29, 1.82) is 0 Å². The van der Waals surface area contributed by atoms with Crippen LogP contribution in [0.4, 0.5) is 0 Å². The summed E-state index contributed by atoms with van der Waals surface area (Å²) in [7, 11) is 0. The van der Waals surface area contributed by atoms with Crippen LogP contribution in [0.25, 0.3) is 0 Å². The Morgan fingerprint density at radius 1 is 0.316 bits per heavy atom. The molecule has 0 aliphatic carbocycles. The molecule has 0 radical (unpaired) electrons. The summed E-state index contributed by atoms with van der Waals surface area (Å²) in [6.07, 6.45) is 0. The standard InChI is InChI=1S/2C2H6.4CH3.11W/c2*1-2;;;;;;;;;;;;;;;/h2*1-2H3;4*1H3;;;;;;;;;;;/q;;4*-1;;;;;;;;;;;. The number of rotatable bonds is 0. The van der Waals surface area contributed by atoms with E-state index in [0.717, 1.165) is 0 Å². The molecular formula is C8H24W11-4.